The number of benzene rings is 2. The van der Waals surface area contributed by atoms with Crippen molar-refractivity contribution in [1.82, 2.24) is 0 Å². The van der Waals surface area contributed by atoms with Crippen LogP contribution in [-0.4, -0.2) is 17.9 Å². The van der Waals surface area contributed by atoms with Crippen LogP contribution in [0, 0.1) is 30.6 Å². The molecule has 5 saturated carbocycles. The van der Waals surface area contributed by atoms with E-state index in [2.05, 4.69) is 24.3 Å². The summed E-state index contributed by atoms with van der Waals surface area (Å²) < 4.78 is 32.6. The molecule has 2 unspecified atom stereocenters. The van der Waals surface area contributed by atoms with Gasteiger partial charge in [-0.05, 0) is 98.8 Å². The molecule has 2 aromatic rings. The first-order chi connectivity index (χ1) is 16.0. The van der Waals surface area contributed by atoms with Crippen LogP contribution in [0.3, 0.4) is 0 Å². The minimum Gasteiger partial charge on any atom is -0.199 e. The monoisotopic (exact) mass is 477 g/mol. The first-order valence-corrected chi connectivity index (χ1v) is 15.5. The fourth-order valence-electron chi connectivity index (χ4n) is 9.93. The Morgan fingerprint density at radius 3 is 1.88 bits per heavy atom. The van der Waals surface area contributed by atoms with Crippen LogP contribution in [0.25, 0.3) is 0 Å². The zero-order chi connectivity index (χ0) is 22.2. The molecule has 1 saturated heterocycles. The predicted molar refractivity (Wildman–Crippen MR) is 132 cm³/mol. The van der Waals surface area contributed by atoms with E-state index in [1.807, 2.05) is 19.1 Å². The average molecular weight is 478 g/mol. The second kappa shape index (κ2) is 6.20. The molecule has 1 heterocycles. The molecule has 0 radical (unpaired) electrons. The van der Waals surface area contributed by atoms with E-state index in [-0.39, 0.29) is 9.49 Å². The first-order valence-electron chi connectivity index (χ1n) is 12.8. The molecule has 2 spiro atoms. The average Bonchev–Trinajstić information content (AvgIpc) is 3.05. The third-order valence-electron chi connectivity index (χ3n) is 10.6. The zero-order valence-corrected chi connectivity index (χ0v) is 20.7. The number of hydrogen-bond acceptors (Lipinski definition) is 2. The second-order valence-corrected chi connectivity index (χ2v) is 15.8. The Morgan fingerprint density at radius 2 is 1.33 bits per heavy atom. The van der Waals surface area contributed by atoms with Crippen LogP contribution in [0.2, 0.25) is 0 Å². The van der Waals surface area contributed by atoms with Crippen molar-refractivity contribution in [3.63, 3.8) is 0 Å². The van der Waals surface area contributed by atoms with Crippen LogP contribution in [0.1, 0.15) is 73.5 Å². The maximum atomic E-state index is 13.7. The topological polar surface area (TPSA) is 46.5 Å². The summed E-state index contributed by atoms with van der Waals surface area (Å²) in [6.07, 6.45) is 9.18. The van der Waals surface area contributed by atoms with Gasteiger partial charge in [0.2, 0.25) is 0 Å². The van der Waals surface area contributed by atoms with Gasteiger partial charge in [-0.15, -0.1) is 3.77 Å². The SMILES string of the molecule is Cc1ccc(S(=O)(=O)/N=S2\C3(C4CC5CC(C4)CC3C5)C23[C@@H]2CC[C@H]3c3ccccc32)cc1. The van der Waals surface area contributed by atoms with Crippen LogP contribution in [-0.2, 0) is 20.7 Å². The lowest BCUT2D eigenvalue weighted by Crippen LogP contribution is -2.54. The van der Waals surface area contributed by atoms with Crippen LogP contribution in [0.5, 0.6) is 0 Å². The molecule has 7 aliphatic rings. The van der Waals surface area contributed by atoms with E-state index < -0.39 is 20.7 Å². The van der Waals surface area contributed by atoms with Gasteiger partial charge in [0.15, 0.2) is 0 Å². The fraction of sp³-hybridized carbons (Fsp3) is 0.571. The first kappa shape index (κ1) is 19.8. The lowest BCUT2D eigenvalue weighted by atomic mass is 9.48. The van der Waals surface area contributed by atoms with Gasteiger partial charge in [-0.1, -0.05) is 52.7 Å². The summed E-state index contributed by atoms with van der Waals surface area (Å²) in [5.74, 6) is 4.17. The van der Waals surface area contributed by atoms with Crippen LogP contribution in [0.15, 0.2) is 57.2 Å². The van der Waals surface area contributed by atoms with Gasteiger partial charge < -0.3 is 0 Å². The minimum absolute atomic E-state index is 0.0804. The molecule has 2 aromatic carbocycles. The van der Waals surface area contributed by atoms with Crippen molar-refractivity contribution >= 4 is 20.7 Å². The van der Waals surface area contributed by atoms with E-state index in [1.165, 1.54) is 56.1 Å². The van der Waals surface area contributed by atoms with Crippen molar-refractivity contribution in [3.8, 4) is 0 Å². The van der Waals surface area contributed by atoms with Crippen molar-refractivity contribution in [1.29, 1.82) is 0 Å². The van der Waals surface area contributed by atoms with Crippen molar-refractivity contribution in [2.45, 2.75) is 78.1 Å². The molecule has 5 heteroatoms. The van der Waals surface area contributed by atoms with E-state index in [4.69, 9.17) is 3.77 Å². The third kappa shape index (κ3) is 2.19. The Kier molecular flexibility index (Phi) is 3.72. The number of fused-ring (bicyclic) bond motifs is 3. The summed E-state index contributed by atoms with van der Waals surface area (Å²) >= 11 is 0. The molecule has 3 nitrogen and oxygen atoms in total. The van der Waals surface area contributed by atoms with Gasteiger partial charge in [-0.2, -0.15) is 8.42 Å². The summed E-state index contributed by atoms with van der Waals surface area (Å²) in [5, 5.41) is 0. The molecule has 0 N–H and O–H groups in total. The summed E-state index contributed by atoms with van der Waals surface area (Å²) in [6.45, 7) is 2.00. The number of rotatable bonds is 2. The van der Waals surface area contributed by atoms with Crippen LogP contribution < -0.4 is 0 Å². The second-order valence-electron chi connectivity index (χ2n) is 11.8. The fourth-order valence-corrected chi connectivity index (χ4v) is 16.1. The van der Waals surface area contributed by atoms with Crippen molar-refractivity contribution in [2.24, 2.45) is 27.4 Å². The Bertz CT molecular complexity index is 1270. The van der Waals surface area contributed by atoms with E-state index in [9.17, 15) is 8.42 Å². The molecule has 4 atom stereocenters. The molecular weight excluding hydrogens is 446 g/mol. The van der Waals surface area contributed by atoms with Gasteiger partial charge in [0.1, 0.15) is 0 Å². The van der Waals surface area contributed by atoms with Crippen molar-refractivity contribution < 1.29 is 8.42 Å². The number of sulfonamides is 1. The van der Waals surface area contributed by atoms with Gasteiger partial charge >= 0.3 is 0 Å². The highest BCUT2D eigenvalue weighted by molar-refractivity contribution is 8.06. The van der Waals surface area contributed by atoms with Gasteiger partial charge in [-0.3, -0.25) is 0 Å². The molecular formula is C28H31NO2S2. The lowest BCUT2D eigenvalue weighted by Gasteiger charge is -2.56. The standard InChI is InChI=1S/C28H31NO2S2/c1-17-6-8-22(9-7-17)33(30,31)29-32-27(20-13-18-12-19(15-20)16-21(27)14-18)28(32)25-10-11-26(28)24-5-3-2-4-23(24)25/h2-9,18-21,25-26H,10-16H2,1H3/t18?,19?,20?,21?,25-,26+,27?,28?,32?. The highest BCUT2D eigenvalue weighted by Gasteiger charge is 2.88. The summed E-state index contributed by atoms with van der Waals surface area (Å²) in [7, 11) is -4.06. The molecule has 172 valence electrons. The Hall–Kier alpha value is -1.46. The van der Waals surface area contributed by atoms with Crippen molar-refractivity contribution in [3.05, 3.63) is 65.2 Å². The quantitative estimate of drug-likeness (QED) is 0.490. The summed E-state index contributed by atoms with van der Waals surface area (Å²) in [4.78, 5) is 0.379. The molecule has 33 heavy (non-hydrogen) atoms. The number of nitrogens with zero attached hydrogens (tertiary/aromatic N) is 1. The molecule has 0 aromatic heterocycles. The molecule has 1 aliphatic heterocycles. The van der Waals surface area contributed by atoms with E-state index in [0.717, 1.165) is 17.4 Å². The highest BCUT2D eigenvalue weighted by atomic mass is 32.3. The summed E-state index contributed by atoms with van der Waals surface area (Å²) in [6, 6.07) is 16.4. The summed E-state index contributed by atoms with van der Waals surface area (Å²) in [5.41, 5.74) is 4.14. The largest absolute Gasteiger partial charge is 0.287 e. The van der Waals surface area contributed by atoms with Crippen LogP contribution in [0.4, 0.5) is 0 Å². The van der Waals surface area contributed by atoms with Crippen LogP contribution >= 0.6 is 0 Å². The zero-order valence-electron chi connectivity index (χ0n) is 19.1. The van der Waals surface area contributed by atoms with E-state index in [0.29, 0.717) is 28.6 Å². The maximum absolute atomic E-state index is 13.7. The Balaban J connectivity index is 1.35. The van der Waals surface area contributed by atoms with Gasteiger partial charge in [0, 0.05) is 11.8 Å². The normalized spacial score (nSPS) is 45.9. The van der Waals surface area contributed by atoms with E-state index >= 15 is 0 Å². The Labute approximate surface area is 199 Å². The maximum Gasteiger partial charge on any atom is 0.287 e. The molecule has 6 bridgehead atoms. The highest BCUT2D eigenvalue weighted by Crippen LogP contribution is 2.85. The minimum atomic E-state index is -3.65. The number of hydrogen-bond donors (Lipinski definition) is 0. The predicted octanol–water partition coefficient (Wildman–Crippen LogP) is 6.11. The smallest absolute Gasteiger partial charge is 0.199 e. The molecule has 6 fully saturated rings. The van der Waals surface area contributed by atoms with Gasteiger partial charge in [0.05, 0.1) is 14.4 Å². The van der Waals surface area contributed by atoms with Gasteiger partial charge in [-0.25, -0.2) is 0 Å². The third-order valence-corrected chi connectivity index (χ3v) is 15.8. The molecule has 6 aliphatic carbocycles. The Morgan fingerprint density at radius 1 is 0.788 bits per heavy atom. The lowest BCUT2D eigenvalue weighted by molar-refractivity contribution is -0.0156. The van der Waals surface area contributed by atoms with Crippen molar-refractivity contribution in [2.75, 3.05) is 0 Å². The molecule has 0 amide bonds. The molecule has 9 rings (SSSR count). The number of aryl methyl sites for hydroxylation is 1. The van der Waals surface area contributed by atoms with Gasteiger partial charge in [0.25, 0.3) is 10.0 Å². The van der Waals surface area contributed by atoms with E-state index in [1.54, 1.807) is 12.1 Å².